The van der Waals surface area contributed by atoms with Crippen molar-refractivity contribution in [3.63, 3.8) is 0 Å². The molecule has 3 aromatic rings. The van der Waals surface area contributed by atoms with Crippen LogP contribution in [0.4, 0.5) is 40.9 Å². The van der Waals surface area contributed by atoms with Crippen LogP contribution in [0.2, 0.25) is 5.02 Å². The zero-order chi connectivity index (χ0) is 20.6. The summed E-state index contributed by atoms with van der Waals surface area (Å²) in [6.07, 6.45) is -9.52. The molecular formula is C13H3ClF8N6. The first-order chi connectivity index (χ1) is 12.8. The fourth-order valence-electron chi connectivity index (χ4n) is 2.56. The van der Waals surface area contributed by atoms with Crippen LogP contribution in [-0.2, 0) is 18.4 Å². The second-order valence-electron chi connectivity index (χ2n) is 5.58. The third-order valence-corrected chi connectivity index (χ3v) is 3.99. The molecule has 3 aromatic heterocycles. The van der Waals surface area contributed by atoms with Crippen molar-refractivity contribution in [3.05, 3.63) is 34.4 Å². The molecule has 148 valence electrons. The van der Waals surface area contributed by atoms with E-state index in [9.17, 15) is 35.1 Å². The minimum atomic E-state index is -5.13. The minimum Gasteiger partial charge on any atom is -0.305 e. The Bertz CT molecular complexity index is 1120. The van der Waals surface area contributed by atoms with Crippen molar-refractivity contribution in [3.8, 4) is 5.82 Å². The van der Waals surface area contributed by atoms with Crippen molar-refractivity contribution in [2.45, 2.75) is 18.4 Å². The van der Waals surface area contributed by atoms with Crippen LogP contribution in [0, 0.1) is 0 Å². The fraction of sp³-hybridized carbons (Fsp3) is 0.231. The van der Waals surface area contributed by atoms with Gasteiger partial charge >= 0.3 is 18.4 Å². The van der Waals surface area contributed by atoms with Crippen LogP contribution >= 0.6 is 11.6 Å². The summed E-state index contributed by atoms with van der Waals surface area (Å²) in [5.41, 5.74) is -3.24. The monoisotopic (exact) mass is 430 g/mol. The van der Waals surface area contributed by atoms with Gasteiger partial charge in [0.05, 0.1) is 16.0 Å². The van der Waals surface area contributed by atoms with E-state index in [4.69, 9.17) is 11.6 Å². The van der Waals surface area contributed by atoms with Gasteiger partial charge < -0.3 is 5.32 Å². The van der Waals surface area contributed by atoms with Crippen LogP contribution in [0.1, 0.15) is 17.1 Å². The molecule has 0 radical (unpaired) electrons. The largest absolute Gasteiger partial charge is 0.451 e. The van der Waals surface area contributed by atoms with Gasteiger partial charge in [-0.25, -0.2) is 15.0 Å². The quantitative estimate of drug-likeness (QED) is 0.458. The average molecular weight is 431 g/mol. The average Bonchev–Trinajstić information content (AvgIpc) is 3.03. The normalized spacial score (nSPS) is 15.9. The molecule has 4 heterocycles. The summed E-state index contributed by atoms with van der Waals surface area (Å²) in [5, 5.41) is 4.09. The van der Waals surface area contributed by atoms with Gasteiger partial charge in [-0.1, -0.05) is 11.6 Å². The Morgan fingerprint density at radius 3 is 2.29 bits per heavy atom. The molecule has 0 atom stereocenters. The molecule has 15 heteroatoms. The molecule has 0 amide bonds. The number of nitrogens with one attached hydrogen (secondary N) is 1. The van der Waals surface area contributed by atoms with E-state index in [1.807, 2.05) is 0 Å². The highest BCUT2D eigenvalue weighted by Crippen LogP contribution is 2.45. The third-order valence-electron chi connectivity index (χ3n) is 3.71. The maximum absolute atomic E-state index is 14.1. The maximum atomic E-state index is 14.1. The number of nitrogens with zero attached hydrogens (tertiary/aromatic N) is 5. The summed E-state index contributed by atoms with van der Waals surface area (Å²) in [7, 11) is 0. The number of aromatic nitrogens is 5. The van der Waals surface area contributed by atoms with Crippen molar-refractivity contribution >= 4 is 28.5 Å². The molecular weight excluding hydrogens is 428 g/mol. The van der Waals surface area contributed by atoms with E-state index in [0.29, 0.717) is 16.9 Å². The Labute approximate surface area is 153 Å². The predicted octanol–water partition coefficient (Wildman–Crippen LogP) is 4.38. The zero-order valence-corrected chi connectivity index (χ0v) is 13.5. The predicted molar refractivity (Wildman–Crippen MR) is 77.0 cm³/mol. The Hall–Kier alpha value is -2.77. The lowest BCUT2D eigenvalue weighted by atomic mass is 10.2. The van der Waals surface area contributed by atoms with Gasteiger partial charge in [0, 0.05) is 6.20 Å². The SMILES string of the molecule is FC(F)(F)c1cnc(-n2nc3nc(C(F)(F)F)nc4c3c2NC4(F)F)c(Cl)c1. The summed E-state index contributed by atoms with van der Waals surface area (Å²) in [4.78, 5) is 9.44. The number of pyridine rings is 1. The smallest absolute Gasteiger partial charge is 0.305 e. The first-order valence-corrected chi connectivity index (χ1v) is 7.44. The highest BCUT2D eigenvalue weighted by Gasteiger charge is 2.48. The number of hydrogen-bond acceptors (Lipinski definition) is 5. The van der Waals surface area contributed by atoms with Crippen molar-refractivity contribution in [1.82, 2.24) is 24.7 Å². The van der Waals surface area contributed by atoms with Crippen molar-refractivity contribution < 1.29 is 35.1 Å². The molecule has 0 saturated heterocycles. The molecule has 1 aliphatic heterocycles. The third kappa shape index (κ3) is 2.70. The van der Waals surface area contributed by atoms with Gasteiger partial charge in [0.15, 0.2) is 11.5 Å². The first kappa shape index (κ1) is 18.6. The number of rotatable bonds is 1. The van der Waals surface area contributed by atoms with Gasteiger partial charge in [-0.3, -0.25) is 0 Å². The number of halogens is 9. The van der Waals surface area contributed by atoms with E-state index in [2.05, 4.69) is 20.1 Å². The van der Waals surface area contributed by atoms with Crippen LogP contribution in [-0.4, -0.2) is 24.7 Å². The lowest BCUT2D eigenvalue weighted by molar-refractivity contribution is -0.145. The highest BCUT2D eigenvalue weighted by molar-refractivity contribution is 6.32. The summed E-state index contributed by atoms with van der Waals surface area (Å²) in [6.45, 7) is 0. The number of anilines is 1. The zero-order valence-electron chi connectivity index (χ0n) is 12.8. The summed E-state index contributed by atoms with van der Waals surface area (Å²) in [5.74, 6) is -2.92. The second kappa shape index (κ2) is 5.40. The summed E-state index contributed by atoms with van der Waals surface area (Å²) in [6, 6.07) is -3.53. The van der Waals surface area contributed by atoms with E-state index in [0.717, 1.165) is 0 Å². The molecule has 0 bridgehead atoms. The van der Waals surface area contributed by atoms with Crippen molar-refractivity contribution in [2.24, 2.45) is 0 Å². The van der Waals surface area contributed by atoms with Gasteiger partial charge in [-0.2, -0.15) is 39.8 Å². The van der Waals surface area contributed by atoms with E-state index < -0.39 is 63.2 Å². The lowest BCUT2D eigenvalue weighted by Crippen LogP contribution is -2.25. The van der Waals surface area contributed by atoms with E-state index in [1.54, 1.807) is 5.32 Å². The van der Waals surface area contributed by atoms with Gasteiger partial charge in [0.2, 0.25) is 5.82 Å². The van der Waals surface area contributed by atoms with Gasteiger partial charge in [-0.15, -0.1) is 5.10 Å². The molecule has 0 fully saturated rings. The first-order valence-electron chi connectivity index (χ1n) is 7.06. The van der Waals surface area contributed by atoms with Crippen molar-refractivity contribution in [1.29, 1.82) is 0 Å². The van der Waals surface area contributed by atoms with Crippen LogP contribution in [0.15, 0.2) is 12.3 Å². The summed E-state index contributed by atoms with van der Waals surface area (Å²) < 4.78 is 106. The Morgan fingerprint density at radius 2 is 1.71 bits per heavy atom. The summed E-state index contributed by atoms with van der Waals surface area (Å²) >= 11 is 5.76. The number of hydrogen-bond donors (Lipinski definition) is 1. The minimum absolute atomic E-state index is 0.376. The van der Waals surface area contributed by atoms with Crippen molar-refractivity contribution in [2.75, 3.05) is 5.32 Å². The fourth-order valence-corrected chi connectivity index (χ4v) is 2.81. The lowest BCUT2D eigenvalue weighted by Gasteiger charge is -2.14. The van der Waals surface area contributed by atoms with Gasteiger partial charge in [0.25, 0.3) is 0 Å². The van der Waals surface area contributed by atoms with E-state index in [-0.39, 0.29) is 0 Å². The Balaban J connectivity index is 1.96. The Morgan fingerprint density at radius 1 is 1.04 bits per heavy atom. The molecule has 0 aromatic carbocycles. The van der Waals surface area contributed by atoms with Crippen LogP contribution in [0.3, 0.4) is 0 Å². The second-order valence-corrected chi connectivity index (χ2v) is 5.99. The molecule has 1 aliphatic rings. The Kier molecular flexibility index (Phi) is 3.58. The molecule has 6 nitrogen and oxygen atoms in total. The molecule has 0 spiro atoms. The molecule has 0 aliphatic carbocycles. The van der Waals surface area contributed by atoms with Crippen LogP contribution in [0.25, 0.3) is 16.9 Å². The van der Waals surface area contributed by atoms with Gasteiger partial charge in [-0.05, 0) is 6.07 Å². The van der Waals surface area contributed by atoms with Gasteiger partial charge in [0.1, 0.15) is 11.5 Å². The number of alkyl halides is 8. The van der Waals surface area contributed by atoms with Crippen LogP contribution in [0.5, 0.6) is 0 Å². The van der Waals surface area contributed by atoms with E-state index >= 15 is 0 Å². The van der Waals surface area contributed by atoms with E-state index in [1.165, 1.54) is 0 Å². The molecule has 28 heavy (non-hydrogen) atoms. The van der Waals surface area contributed by atoms with Crippen LogP contribution < -0.4 is 5.32 Å². The molecule has 0 saturated carbocycles. The molecule has 1 N–H and O–H groups in total. The molecule has 0 unspecified atom stereocenters. The topological polar surface area (TPSA) is 68.5 Å². The molecule has 4 rings (SSSR count). The highest BCUT2D eigenvalue weighted by atomic mass is 35.5. The maximum Gasteiger partial charge on any atom is 0.451 e. The standard InChI is InChI=1S/C13H3ClF8N6/c14-4-1-3(11(15,16)17)2-23-8(4)28-9-5-6(13(21,22)26-9)24-10(12(18,19)20)25-7(5)27-28/h1-2,26H.